The van der Waals surface area contributed by atoms with Crippen molar-refractivity contribution in [3.05, 3.63) is 119 Å². The zero-order valence-corrected chi connectivity index (χ0v) is 22.3. The van der Waals surface area contributed by atoms with E-state index in [1.165, 1.54) is 17.0 Å². The minimum absolute atomic E-state index is 0.0432. The Balaban J connectivity index is 1.54. The number of hydrogen-bond donors (Lipinski definition) is 2. The number of nitrogens with one attached hydrogen (secondary N) is 2. The van der Waals surface area contributed by atoms with Gasteiger partial charge in [-0.1, -0.05) is 91.5 Å². The molecular formula is C32H31ClFN3O2. The van der Waals surface area contributed by atoms with Gasteiger partial charge in [-0.15, -0.1) is 0 Å². The second-order valence-corrected chi connectivity index (χ2v) is 10.4. The summed E-state index contributed by atoms with van der Waals surface area (Å²) in [4.78, 5) is 32.9. The molecule has 1 aliphatic carbocycles. The molecule has 1 saturated carbocycles. The fourth-order valence-electron chi connectivity index (χ4n) is 5.20. The highest BCUT2D eigenvalue weighted by atomic mass is 35.5. The van der Waals surface area contributed by atoms with E-state index in [0.717, 1.165) is 43.4 Å². The SMILES string of the molecule is O=C(NC1CCCCC1)[C@@H](c1ccc(F)cc1)N(Cc1ccccc1Cl)C(=O)c1ccc(-c2ccccc2)[nH]1. The molecule has 4 aromatic rings. The third kappa shape index (κ3) is 6.40. The van der Waals surface area contributed by atoms with Crippen LogP contribution in [0.15, 0.2) is 91.0 Å². The highest BCUT2D eigenvalue weighted by molar-refractivity contribution is 6.31. The van der Waals surface area contributed by atoms with Crippen LogP contribution >= 0.6 is 11.6 Å². The number of benzene rings is 3. The third-order valence-corrected chi connectivity index (χ3v) is 7.63. The average Bonchev–Trinajstić information content (AvgIpc) is 3.46. The first-order valence-electron chi connectivity index (χ1n) is 13.3. The summed E-state index contributed by atoms with van der Waals surface area (Å²) in [6.45, 7) is 0.0956. The molecule has 7 heteroatoms. The number of amides is 2. The molecule has 0 saturated heterocycles. The van der Waals surface area contributed by atoms with Gasteiger partial charge >= 0.3 is 0 Å². The number of carbonyl (C=O) groups excluding carboxylic acids is 2. The lowest BCUT2D eigenvalue weighted by Crippen LogP contribution is -2.47. The lowest BCUT2D eigenvalue weighted by atomic mass is 9.94. The second-order valence-electron chi connectivity index (χ2n) is 9.97. The van der Waals surface area contributed by atoms with E-state index in [0.29, 0.717) is 21.8 Å². The van der Waals surface area contributed by atoms with Crippen LogP contribution in [0.5, 0.6) is 0 Å². The molecule has 1 atom stereocenters. The van der Waals surface area contributed by atoms with Crippen molar-refractivity contribution in [1.29, 1.82) is 0 Å². The number of carbonyl (C=O) groups is 2. The number of aromatic amines is 1. The topological polar surface area (TPSA) is 65.2 Å². The number of halogens is 2. The molecule has 0 spiro atoms. The van der Waals surface area contributed by atoms with Gasteiger partial charge in [0.05, 0.1) is 0 Å². The predicted octanol–water partition coefficient (Wildman–Crippen LogP) is 7.31. The zero-order valence-electron chi connectivity index (χ0n) is 21.6. The van der Waals surface area contributed by atoms with E-state index in [1.54, 1.807) is 24.3 Å². The number of H-pyrrole nitrogens is 1. The summed E-state index contributed by atoms with van der Waals surface area (Å²) in [5.41, 5.74) is 3.32. The van der Waals surface area contributed by atoms with E-state index >= 15 is 0 Å². The van der Waals surface area contributed by atoms with Gasteiger partial charge in [0, 0.05) is 23.3 Å². The summed E-state index contributed by atoms with van der Waals surface area (Å²) >= 11 is 6.51. The number of rotatable bonds is 8. The summed E-state index contributed by atoms with van der Waals surface area (Å²) in [5.74, 6) is -1.06. The molecule has 3 aromatic carbocycles. The van der Waals surface area contributed by atoms with Crippen molar-refractivity contribution in [2.24, 2.45) is 0 Å². The van der Waals surface area contributed by atoms with Crippen molar-refractivity contribution in [2.45, 2.75) is 50.7 Å². The second kappa shape index (κ2) is 12.3. The Kier molecular flexibility index (Phi) is 8.42. The molecule has 1 fully saturated rings. The first-order chi connectivity index (χ1) is 19.0. The molecule has 0 radical (unpaired) electrons. The highest BCUT2D eigenvalue weighted by Gasteiger charge is 2.34. The number of nitrogens with zero attached hydrogens (tertiary/aromatic N) is 1. The van der Waals surface area contributed by atoms with Gasteiger partial charge < -0.3 is 15.2 Å². The Labute approximate surface area is 233 Å². The largest absolute Gasteiger partial charge is 0.351 e. The van der Waals surface area contributed by atoms with Crippen molar-refractivity contribution in [3.63, 3.8) is 0 Å². The van der Waals surface area contributed by atoms with Crippen LogP contribution in [0, 0.1) is 5.82 Å². The first kappa shape index (κ1) is 26.7. The van der Waals surface area contributed by atoms with E-state index in [9.17, 15) is 14.0 Å². The third-order valence-electron chi connectivity index (χ3n) is 7.26. The van der Waals surface area contributed by atoms with Crippen molar-refractivity contribution >= 4 is 23.4 Å². The van der Waals surface area contributed by atoms with Crippen molar-refractivity contribution in [2.75, 3.05) is 0 Å². The summed E-state index contributed by atoms with van der Waals surface area (Å²) in [7, 11) is 0. The summed E-state index contributed by atoms with van der Waals surface area (Å²) < 4.78 is 13.9. The van der Waals surface area contributed by atoms with Gasteiger partial charge in [-0.05, 0) is 59.9 Å². The summed E-state index contributed by atoms with van der Waals surface area (Å²) in [6, 6.07) is 25.4. The van der Waals surface area contributed by atoms with Crippen LogP contribution in [0.1, 0.15) is 59.8 Å². The van der Waals surface area contributed by atoms with Gasteiger partial charge in [0.25, 0.3) is 5.91 Å². The van der Waals surface area contributed by atoms with Gasteiger partial charge in [-0.3, -0.25) is 9.59 Å². The van der Waals surface area contributed by atoms with E-state index in [-0.39, 0.29) is 24.4 Å². The van der Waals surface area contributed by atoms with Gasteiger partial charge in [0.15, 0.2) is 0 Å². The van der Waals surface area contributed by atoms with E-state index < -0.39 is 11.9 Å². The van der Waals surface area contributed by atoms with Gasteiger partial charge in [-0.25, -0.2) is 4.39 Å². The van der Waals surface area contributed by atoms with E-state index in [1.807, 2.05) is 54.6 Å². The van der Waals surface area contributed by atoms with E-state index in [4.69, 9.17) is 11.6 Å². The Bertz CT molecular complexity index is 1410. The molecule has 1 aliphatic rings. The minimum atomic E-state index is -0.986. The van der Waals surface area contributed by atoms with E-state index in [2.05, 4.69) is 10.3 Å². The fraction of sp³-hybridized carbons (Fsp3) is 0.250. The Morgan fingerprint density at radius 3 is 2.31 bits per heavy atom. The van der Waals surface area contributed by atoms with Crippen molar-refractivity contribution < 1.29 is 14.0 Å². The van der Waals surface area contributed by atoms with Gasteiger partial charge in [0.1, 0.15) is 17.6 Å². The standard InChI is InChI=1S/C32H31ClFN3O2/c33-27-14-8-7-11-24(27)21-37(32(39)29-20-19-28(36-29)22-9-3-1-4-10-22)30(23-15-17-25(34)18-16-23)31(38)35-26-12-5-2-6-13-26/h1,3-4,7-11,14-20,26,30,36H,2,5-6,12-13,21H2,(H,35,38)/t30-/m1/s1. The molecule has 5 nitrogen and oxygen atoms in total. The quantitative estimate of drug-likeness (QED) is 0.245. The molecule has 1 aromatic heterocycles. The molecule has 0 unspecified atom stereocenters. The Morgan fingerprint density at radius 2 is 1.59 bits per heavy atom. The molecule has 200 valence electrons. The maximum atomic E-state index is 14.2. The van der Waals surface area contributed by atoms with Crippen LogP contribution in [-0.4, -0.2) is 27.7 Å². The molecule has 0 bridgehead atoms. The minimum Gasteiger partial charge on any atom is -0.351 e. The van der Waals surface area contributed by atoms with Crippen LogP contribution in [-0.2, 0) is 11.3 Å². The lowest BCUT2D eigenvalue weighted by molar-refractivity contribution is -0.127. The van der Waals surface area contributed by atoms with Gasteiger partial charge in [-0.2, -0.15) is 0 Å². The van der Waals surface area contributed by atoms with Crippen LogP contribution in [0.3, 0.4) is 0 Å². The average molecular weight is 544 g/mol. The predicted molar refractivity (Wildman–Crippen MR) is 152 cm³/mol. The maximum absolute atomic E-state index is 14.2. The Hall–Kier alpha value is -3.90. The van der Waals surface area contributed by atoms with Crippen molar-refractivity contribution in [3.8, 4) is 11.3 Å². The van der Waals surface area contributed by atoms with Crippen LogP contribution in [0.4, 0.5) is 4.39 Å². The fourth-order valence-corrected chi connectivity index (χ4v) is 5.39. The molecule has 5 rings (SSSR count). The molecule has 39 heavy (non-hydrogen) atoms. The molecule has 1 heterocycles. The lowest BCUT2D eigenvalue weighted by Gasteiger charge is -2.33. The molecule has 2 N–H and O–H groups in total. The Morgan fingerprint density at radius 1 is 0.897 bits per heavy atom. The monoisotopic (exact) mass is 543 g/mol. The molecule has 0 aliphatic heterocycles. The van der Waals surface area contributed by atoms with Gasteiger partial charge in [0.2, 0.25) is 5.91 Å². The number of aromatic nitrogens is 1. The normalized spacial score (nSPS) is 14.5. The number of hydrogen-bond acceptors (Lipinski definition) is 2. The van der Waals surface area contributed by atoms with Crippen molar-refractivity contribution in [1.82, 2.24) is 15.2 Å². The summed E-state index contributed by atoms with van der Waals surface area (Å²) in [6.07, 6.45) is 5.06. The molecular weight excluding hydrogens is 513 g/mol. The summed E-state index contributed by atoms with van der Waals surface area (Å²) in [5, 5.41) is 3.68. The van der Waals surface area contributed by atoms with Crippen LogP contribution < -0.4 is 5.32 Å². The van der Waals surface area contributed by atoms with Crippen LogP contribution in [0.2, 0.25) is 5.02 Å². The highest BCUT2D eigenvalue weighted by Crippen LogP contribution is 2.30. The van der Waals surface area contributed by atoms with Crippen LogP contribution in [0.25, 0.3) is 11.3 Å². The smallest absolute Gasteiger partial charge is 0.271 e. The zero-order chi connectivity index (χ0) is 27.2. The first-order valence-corrected chi connectivity index (χ1v) is 13.7. The molecule has 2 amide bonds. The maximum Gasteiger partial charge on any atom is 0.271 e.